The maximum atomic E-state index is 12.8. The summed E-state index contributed by atoms with van der Waals surface area (Å²) in [5.41, 5.74) is 2.80. The van der Waals surface area contributed by atoms with Gasteiger partial charge in [-0.05, 0) is 50.1 Å². The highest BCUT2D eigenvalue weighted by atomic mass is 16.2. The minimum atomic E-state index is -0.219. The first-order valence-electron chi connectivity index (χ1n) is 9.77. The second kappa shape index (κ2) is 9.19. The first kappa shape index (κ1) is 20.3. The van der Waals surface area contributed by atoms with E-state index in [9.17, 15) is 9.59 Å². The van der Waals surface area contributed by atoms with Gasteiger partial charge in [-0.15, -0.1) is 0 Å². The zero-order valence-corrected chi connectivity index (χ0v) is 17.0. The second-order valence-electron chi connectivity index (χ2n) is 7.03. The van der Waals surface area contributed by atoms with E-state index in [-0.39, 0.29) is 17.9 Å². The number of carbonyl (C=O) groups is 2. The summed E-state index contributed by atoms with van der Waals surface area (Å²) in [6, 6.07) is 17.1. The van der Waals surface area contributed by atoms with Crippen molar-refractivity contribution in [2.24, 2.45) is 0 Å². The molecule has 1 heterocycles. The van der Waals surface area contributed by atoms with Crippen molar-refractivity contribution in [1.82, 2.24) is 20.2 Å². The van der Waals surface area contributed by atoms with Gasteiger partial charge in [-0.25, -0.2) is 4.98 Å². The molecule has 150 valence electrons. The smallest absolute Gasteiger partial charge is 0.270 e. The Morgan fingerprint density at radius 1 is 1.07 bits per heavy atom. The first-order valence-corrected chi connectivity index (χ1v) is 9.77. The summed E-state index contributed by atoms with van der Waals surface area (Å²) in [5, 5.41) is 5.88. The Morgan fingerprint density at radius 3 is 2.55 bits per heavy atom. The molecule has 3 rings (SSSR count). The molecule has 2 amide bonds. The molecular formula is C23H26N4O2. The molecular weight excluding hydrogens is 364 g/mol. The summed E-state index contributed by atoms with van der Waals surface area (Å²) < 4.78 is 1.82. The summed E-state index contributed by atoms with van der Waals surface area (Å²) in [5.74, 6) is 0.416. The molecule has 0 saturated carbocycles. The number of benzene rings is 2. The molecule has 0 spiro atoms. The predicted octanol–water partition coefficient (Wildman–Crippen LogP) is 3.64. The molecule has 0 saturated heterocycles. The minimum absolute atomic E-state index is 0.106. The quantitative estimate of drug-likeness (QED) is 0.647. The Labute approximate surface area is 171 Å². The number of rotatable bonds is 7. The number of hydrogen-bond acceptors (Lipinski definition) is 3. The highest BCUT2D eigenvalue weighted by Gasteiger charge is 2.16. The lowest BCUT2D eigenvalue weighted by molar-refractivity contribution is 0.0935. The van der Waals surface area contributed by atoms with Crippen molar-refractivity contribution in [3.8, 4) is 5.69 Å². The van der Waals surface area contributed by atoms with Gasteiger partial charge in [0.15, 0.2) is 0 Å². The summed E-state index contributed by atoms with van der Waals surface area (Å²) in [4.78, 5) is 29.4. The number of aromatic nitrogens is 2. The van der Waals surface area contributed by atoms with Crippen LogP contribution in [0.5, 0.6) is 0 Å². The van der Waals surface area contributed by atoms with Crippen LogP contribution in [-0.2, 0) is 6.54 Å². The fourth-order valence-electron chi connectivity index (χ4n) is 3.01. The SMILES string of the molecule is CC[C@H](C)NC(=O)c1cccc(CNC(=O)c2cnc(C)n2-c2ccccc2)c1. The van der Waals surface area contributed by atoms with Crippen molar-refractivity contribution >= 4 is 11.8 Å². The molecule has 2 aromatic carbocycles. The van der Waals surface area contributed by atoms with Gasteiger partial charge in [0, 0.05) is 23.8 Å². The Bertz CT molecular complexity index is 995. The van der Waals surface area contributed by atoms with Crippen molar-refractivity contribution in [1.29, 1.82) is 0 Å². The Balaban J connectivity index is 1.71. The van der Waals surface area contributed by atoms with Crippen LogP contribution in [0.25, 0.3) is 5.69 Å². The largest absolute Gasteiger partial charge is 0.350 e. The minimum Gasteiger partial charge on any atom is -0.350 e. The van der Waals surface area contributed by atoms with Crippen LogP contribution < -0.4 is 10.6 Å². The van der Waals surface area contributed by atoms with Gasteiger partial charge in [-0.3, -0.25) is 14.2 Å². The van der Waals surface area contributed by atoms with E-state index in [4.69, 9.17) is 0 Å². The average Bonchev–Trinajstić information content (AvgIpc) is 3.14. The maximum absolute atomic E-state index is 12.8. The zero-order valence-electron chi connectivity index (χ0n) is 17.0. The van der Waals surface area contributed by atoms with E-state index in [0.717, 1.165) is 23.5 Å². The van der Waals surface area contributed by atoms with Crippen LogP contribution in [-0.4, -0.2) is 27.4 Å². The summed E-state index contributed by atoms with van der Waals surface area (Å²) in [6.45, 7) is 6.18. The molecule has 0 fully saturated rings. The molecule has 0 aliphatic carbocycles. The van der Waals surface area contributed by atoms with Crippen LogP contribution >= 0.6 is 0 Å². The fourth-order valence-corrected chi connectivity index (χ4v) is 3.01. The monoisotopic (exact) mass is 390 g/mol. The number of imidazole rings is 1. The van der Waals surface area contributed by atoms with Crippen molar-refractivity contribution in [3.05, 3.63) is 83.4 Å². The number of nitrogens with zero attached hydrogens (tertiary/aromatic N) is 2. The van der Waals surface area contributed by atoms with Crippen molar-refractivity contribution in [3.63, 3.8) is 0 Å². The van der Waals surface area contributed by atoms with Crippen LogP contribution in [0.1, 0.15) is 52.5 Å². The fraction of sp³-hybridized carbons (Fsp3) is 0.261. The maximum Gasteiger partial charge on any atom is 0.270 e. The van der Waals surface area contributed by atoms with Crippen LogP contribution in [0.4, 0.5) is 0 Å². The summed E-state index contributed by atoms with van der Waals surface area (Å²) >= 11 is 0. The molecule has 2 N–H and O–H groups in total. The number of hydrogen-bond donors (Lipinski definition) is 2. The summed E-state index contributed by atoms with van der Waals surface area (Å²) in [6.07, 6.45) is 2.45. The van der Waals surface area contributed by atoms with Crippen molar-refractivity contribution in [2.45, 2.75) is 39.8 Å². The lowest BCUT2D eigenvalue weighted by Gasteiger charge is -2.13. The number of nitrogens with one attached hydrogen (secondary N) is 2. The molecule has 1 atom stereocenters. The first-order chi connectivity index (χ1) is 14.0. The molecule has 6 nitrogen and oxygen atoms in total. The van der Waals surface area contributed by atoms with E-state index < -0.39 is 0 Å². The normalized spacial score (nSPS) is 11.7. The van der Waals surface area contributed by atoms with Crippen LogP contribution in [0, 0.1) is 6.92 Å². The van der Waals surface area contributed by atoms with Gasteiger partial charge in [0.2, 0.25) is 0 Å². The van der Waals surface area contributed by atoms with Gasteiger partial charge in [0.25, 0.3) is 11.8 Å². The number of carbonyl (C=O) groups excluding carboxylic acids is 2. The highest BCUT2D eigenvalue weighted by molar-refractivity contribution is 5.95. The number of amides is 2. The van der Waals surface area contributed by atoms with E-state index in [1.165, 1.54) is 0 Å². The third kappa shape index (κ3) is 4.90. The second-order valence-corrected chi connectivity index (χ2v) is 7.03. The van der Waals surface area contributed by atoms with Crippen LogP contribution in [0.2, 0.25) is 0 Å². The van der Waals surface area contributed by atoms with Crippen molar-refractivity contribution < 1.29 is 9.59 Å². The van der Waals surface area contributed by atoms with Gasteiger partial charge in [-0.2, -0.15) is 0 Å². The van der Waals surface area contributed by atoms with E-state index in [1.54, 1.807) is 18.3 Å². The molecule has 6 heteroatoms. The Hall–Kier alpha value is -3.41. The number of aryl methyl sites for hydroxylation is 1. The standard InChI is InChI=1S/C23H26N4O2/c1-4-16(2)26-22(28)19-10-8-9-18(13-19)14-25-23(29)21-15-24-17(3)27(21)20-11-6-5-7-12-20/h5-13,15-16H,4,14H2,1-3H3,(H,25,29)(H,26,28)/t16-/m0/s1. The van der Waals surface area contributed by atoms with Crippen molar-refractivity contribution in [2.75, 3.05) is 0 Å². The van der Waals surface area contributed by atoms with E-state index >= 15 is 0 Å². The lowest BCUT2D eigenvalue weighted by Crippen LogP contribution is -2.32. The van der Waals surface area contributed by atoms with E-state index in [0.29, 0.717) is 17.8 Å². The zero-order chi connectivity index (χ0) is 20.8. The van der Waals surface area contributed by atoms with Gasteiger partial charge < -0.3 is 10.6 Å². The average molecular weight is 390 g/mol. The van der Waals surface area contributed by atoms with E-state index in [2.05, 4.69) is 15.6 Å². The van der Waals surface area contributed by atoms with Gasteiger partial charge in [-0.1, -0.05) is 37.3 Å². The van der Waals surface area contributed by atoms with Gasteiger partial charge in [0.05, 0.1) is 6.20 Å². The van der Waals surface area contributed by atoms with Gasteiger partial charge in [0.1, 0.15) is 11.5 Å². The molecule has 3 aromatic rings. The number of para-hydroxylation sites is 1. The summed E-state index contributed by atoms with van der Waals surface area (Å²) in [7, 11) is 0. The molecule has 0 radical (unpaired) electrons. The topological polar surface area (TPSA) is 76.0 Å². The lowest BCUT2D eigenvalue weighted by atomic mass is 10.1. The molecule has 0 aliphatic rings. The Morgan fingerprint density at radius 2 is 1.83 bits per heavy atom. The third-order valence-electron chi connectivity index (χ3n) is 4.82. The van der Waals surface area contributed by atoms with Crippen LogP contribution in [0.15, 0.2) is 60.8 Å². The molecule has 0 bridgehead atoms. The molecule has 1 aromatic heterocycles. The third-order valence-corrected chi connectivity index (χ3v) is 4.82. The van der Waals surface area contributed by atoms with E-state index in [1.807, 2.05) is 67.8 Å². The molecule has 0 unspecified atom stereocenters. The molecule has 0 aliphatic heterocycles. The molecule has 29 heavy (non-hydrogen) atoms. The predicted molar refractivity (Wildman–Crippen MR) is 113 cm³/mol. The Kier molecular flexibility index (Phi) is 6.44. The highest BCUT2D eigenvalue weighted by Crippen LogP contribution is 2.15. The van der Waals surface area contributed by atoms with Crippen LogP contribution in [0.3, 0.4) is 0 Å². The van der Waals surface area contributed by atoms with Gasteiger partial charge >= 0.3 is 0 Å².